The molecule has 0 saturated carbocycles. The molecule has 3 aromatic rings. The highest BCUT2D eigenvalue weighted by Crippen LogP contribution is 2.19. The van der Waals surface area contributed by atoms with Crippen LogP contribution < -0.4 is 5.43 Å². The number of pyridine rings is 1. The average Bonchev–Trinajstić information content (AvgIpc) is 2.67. The largest absolute Gasteiger partial charge is 0.395 e. The van der Waals surface area contributed by atoms with E-state index < -0.39 is 0 Å². The first kappa shape index (κ1) is 18.6. The van der Waals surface area contributed by atoms with E-state index in [4.69, 9.17) is 10.2 Å². The molecular formula is C21H26N2O3. The Labute approximate surface area is 153 Å². The summed E-state index contributed by atoms with van der Waals surface area (Å²) in [6.07, 6.45) is 1.93. The number of aromatic nitrogens is 1. The first-order valence-electron chi connectivity index (χ1n) is 9.20. The number of hydrogen-bond acceptors (Lipinski definition) is 4. The minimum atomic E-state index is 0.0875. The summed E-state index contributed by atoms with van der Waals surface area (Å²) in [5.41, 5.74) is 2.03. The van der Waals surface area contributed by atoms with E-state index in [1.165, 1.54) is 0 Å². The van der Waals surface area contributed by atoms with E-state index in [-0.39, 0.29) is 18.6 Å². The molecule has 0 fully saturated rings. The number of nitrogens with zero attached hydrogens (tertiary/aromatic N) is 2. The van der Waals surface area contributed by atoms with Gasteiger partial charge >= 0.3 is 0 Å². The normalized spacial score (nSPS) is 11.7. The molecule has 0 radical (unpaired) electrons. The number of benzene rings is 2. The van der Waals surface area contributed by atoms with Crippen molar-refractivity contribution in [2.75, 3.05) is 32.8 Å². The number of aliphatic hydroxyl groups is 2. The van der Waals surface area contributed by atoms with Crippen molar-refractivity contribution in [2.24, 2.45) is 0 Å². The molecule has 138 valence electrons. The number of unbranched alkanes of at least 4 members (excludes halogenated alkanes) is 1. The van der Waals surface area contributed by atoms with Crippen LogP contribution >= 0.6 is 0 Å². The molecule has 5 nitrogen and oxygen atoms in total. The van der Waals surface area contributed by atoms with E-state index >= 15 is 0 Å². The van der Waals surface area contributed by atoms with Crippen molar-refractivity contribution in [2.45, 2.75) is 19.4 Å². The lowest BCUT2D eigenvalue weighted by molar-refractivity contribution is 0.159. The molecule has 0 aliphatic carbocycles. The molecule has 5 heteroatoms. The smallest absolute Gasteiger partial charge is 0.197 e. The molecule has 1 aromatic heterocycles. The van der Waals surface area contributed by atoms with Crippen LogP contribution in [0.25, 0.3) is 21.8 Å². The Hall–Kier alpha value is -2.21. The predicted octanol–water partition coefficient (Wildman–Crippen LogP) is 2.22. The molecule has 2 aromatic carbocycles. The van der Waals surface area contributed by atoms with Crippen LogP contribution in [0.1, 0.15) is 12.8 Å². The molecule has 0 bridgehead atoms. The summed E-state index contributed by atoms with van der Waals surface area (Å²) < 4.78 is 2.23. The Kier molecular flexibility index (Phi) is 6.39. The topological polar surface area (TPSA) is 65.7 Å². The summed E-state index contributed by atoms with van der Waals surface area (Å²) >= 11 is 0. The van der Waals surface area contributed by atoms with Crippen LogP contribution in [0, 0.1) is 0 Å². The molecule has 1 heterocycles. The van der Waals surface area contributed by atoms with Crippen LogP contribution in [0.3, 0.4) is 0 Å². The van der Waals surface area contributed by atoms with E-state index in [0.717, 1.165) is 47.7 Å². The molecule has 0 saturated heterocycles. The fourth-order valence-corrected chi connectivity index (χ4v) is 3.54. The van der Waals surface area contributed by atoms with Gasteiger partial charge in [-0.2, -0.15) is 0 Å². The van der Waals surface area contributed by atoms with Crippen molar-refractivity contribution in [1.82, 2.24) is 9.47 Å². The highest BCUT2D eigenvalue weighted by Gasteiger charge is 2.10. The van der Waals surface area contributed by atoms with Crippen molar-refractivity contribution >= 4 is 21.8 Å². The van der Waals surface area contributed by atoms with Crippen LogP contribution in [-0.2, 0) is 6.54 Å². The molecule has 0 spiro atoms. The third kappa shape index (κ3) is 3.96. The maximum Gasteiger partial charge on any atom is 0.197 e. The summed E-state index contributed by atoms with van der Waals surface area (Å²) in [4.78, 5) is 14.8. The zero-order valence-electron chi connectivity index (χ0n) is 15.0. The number of para-hydroxylation sites is 2. The average molecular weight is 354 g/mol. The number of hydrogen-bond donors (Lipinski definition) is 2. The number of aryl methyl sites for hydroxylation is 1. The second kappa shape index (κ2) is 8.94. The molecule has 0 unspecified atom stereocenters. The quantitative estimate of drug-likeness (QED) is 0.457. The Morgan fingerprint density at radius 1 is 0.769 bits per heavy atom. The lowest BCUT2D eigenvalue weighted by atomic mass is 10.1. The molecule has 0 atom stereocenters. The Morgan fingerprint density at radius 3 is 1.85 bits per heavy atom. The standard InChI is InChI=1S/C21H26N2O3/c24-15-13-22(14-16-25)11-5-6-12-23-19-9-3-1-7-17(19)21(26)18-8-2-4-10-20(18)23/h1-4,7-10,24-25H,5-6,11-16H2. The van der Waals surface area contributed by atoms with Crippen molar-refractivity contribution < 1.29 is 10.2 Å². The molecule has 0 aliphatic rings. The van der Waals surface area contributed by atoms with E-state index in [1.807, 2.05) is 48.5 Å². The monoisotopic (exact) mass is 354 g/mol. The van der Waals surface area contributed by atoms with E-state index in [1.54, 1.807) is 0 Å². The van der Waals surface area contributed by atoms with E-state index in [0.29, 0.717) is 13.1 Å². The molecule has 2 N–H and O–H groups in total. The van der Waals surface area contributed by atoms with E-state index in [9.17, 15) is 4.79 Å². The van der Waals surface area contributed by atoms with Gasteiger partial charge in [0.05, 0.1) is 24.2 Å². The lowest BCUT2D eigenvalue weighted by Crippen LogP contribution is -2.31. The third-order valence-electron chi connectivity index (χ3n) is 4.82. The number of aliphatic hydroxyl groups excluding tert-OH is 2. The van der Waals surface area contributed by atoms with Gasteiger partial charge < -0.3 is 14.8 Å². The summed E-state index contributed by atoms with van der Waals surface area (Å²) in [5, 5.41) is 19.7. The van der Waals surface area contributed by atoms with Gasteiger partial charge in [-0.25, -0.2) is 0 Å². The van der Waals surface area contributed by atoms with E-state index in [2.05, 4.69) is 9.47 Å². The fourth-order valence-electron chi connectivity index (χ4n) is 3.54. The summed E-state index contributed by atoms with van der Waals surface area (Å²) in [6, 6.07) is 15.6. The molecule has 0 aliphatic heterocycles. The molecule has 0 amide bonds. The van der Waals surface area contributed by atoms with Gasteiger partial charge in [-0.15, -0.1) is 0 Å². The third-order valence-corrected chi connectivity index (χ3v) is 4.82. The van der Waals surface area contributed by atoms with Crippen LogP contribution in [0.4, 0.5) is 0 Å². The highest BCUT2D eigenvalue weighted by molar-refractivity contribution is 5.93. The molecule has 3 rings (SSSR count). The van der Waals surface area contributed by atoms with Crippen LogP contribution in [0.15, 0.2) is 53.3 Å². The van der Waals surface area contributed by atoms with Gasteiger partial charge in [-0.3, -0.25) is 9.69 Å². The Balaban J connectivity index is 1.83. The van der Waals surface area contributed by atoms with Gasteiger partial charge in [0.15, 0.2) is 5.43 Å². The fraction of sp³-hybridized carbons (Fsp3) is 0.381. The SMILES string of the molecule is O=c1c2ccccc2n(CCCCN(CCO)CCO)c2ccccc12. The zero-order chi connectivity index (χ0) is 18.4. The highest BCUT2D eigenvalue weighted by atomic mass is 16.3. The lowest BCUT2D eigenvalue weighted by Gasteiger charge is -2.20. The van der Waals surface area contributed by atoms with Gasteiger partial charge in [0.1, 0.15) is 0 Å². The minimum Gasteiger partial charge on any atom is -0.395 e. The zero-order valence-corrected chi connectivity index (χ0v) is 15.0. The minimum absolute atomic E-state index is 0.0875. The molecular weight excluding hydrogens is 328 g/mol. The van der Waals surface area contributed by atoms with Gasteiger partial charge in [0.25, 0.3) is 0 Å². The maximum atomic E-state index is 12.7. The Morgan fingerprint density at radius 2 is 1.31 bits per heavy atom. The Bertz CT molecular complexity index is 854. The van der Waals surface area contributed by atoms with Gasteiger partial charge in [-0.1, -0.05) is 24.3 Å². The van der Waals surface area contributed by atoms with Gasteiger partial charge in [0, 0.05) is 30.4 Å². The second-order valence-corrected chi connectivity index (χ2v) is 6.51. The van der Waals surface area contributed by atoms with Crippen LogP contribution in [0.2, 0.25) is 0 Å². The first-order valence-corrected chi connectivity index (χ1v) is 9.20. The maximum absolute atomic E-state index is 12.7. The van der Waals surface area contributed by atoms with Crippen molar-refractivity contribution in [3.63, 3.8) is 0 Å². The van der Waals surface area contributed by atoms with Crippen molar-refractivity contribution in [3.05, 3.63) is 58.8 Å². The summed E-state index contributed by atoms with van der Waals surface area (Å²) in [5.74, 6) is 0. The first-order chi connectivity index (χ1) is 12.8. The predicted molar refractivity (Wildman–Crippen MR) is 106 cm³/mol. The van der Waals surface area contributed by atoms with Crippen molar-refractivity contribution in [1.29, 1.82) is 0 Å². The number of rotatable bonds is 9. The van der Waals surface area contributed by atoms with Crippen LogP contribution in [-0.4, -0.2) is 52.5 Å². The summed E-state index contributed by atoms with van der Waals surface area (Å²) in [7, 11) is 0. The van der Waals surface area contributed by atoms with Crippen LogP contribution in [0.5, 0.6) is 0 Å². The van der Waals surface area contributed by atoms with Gasteiger partial charge in [0.2, 0.25) is 0 Å². The summed E-state index contributed by atoms with van der Waals surface area (Å²) in [6.45, 7) is 3.06. The van der Waals surface area contributed by atoms with Crippen molar-refractivity contribution in [3.8, 4) is 0 Å². The van der Waals surface area contributed by atoms with Gasteiger partial charge in [-0.05, 0) is 43.7 Å². The molecule has 26 heavy (non-hydrogen) atoms. The second-order valence-electron chi connectivity index (χ2n) is 6.51. The number of fused-ring (bicyclic) bond motifs is 2.